The maximum Gasteiger partial charge on any atom is 0.344 e. The van der Waals surface area contributed by atoms with E-state index in [2.05, 4.69) is 5.32 Å². The van der Waals surface area contributed by atoms with Crippen molar-refractivity contribution >= 4 is 22.6 Å². The molecule has 1 N–H and O–H groups in total. The van der Waals surface area contributed by atoms with E-state index in [1.54, 1.807) is 36.4 Å². The third kappa shape index (κ3) is 3.29. The third-order valence-corrected chi connectivity index (χ3v) is 5.88. The van der Waals surface area contributed by atoms with E-state index in [1.807, 2.05) is 36.4 Å². The summed E-state index contributed by atoms with van der Waals surface area (Å²) in [5.41, 5.74) is 1.54. The zero-order chi connectivity index (χ0) is 22.4. The molecule has 0 bridgehead atoms. The van der Waals surface area contributed by atoms with Crippen LogP contribution in [0, 0.1) is 0 Å². The molecule has 0 radical (unpaired) electrons. The van der Waals surface area contributed by atoms with E-state index in [1.165, 1.54) is 0 Å². The number of ether oxygens (including phenoxy) is 3. The van der Waals surface area contributed by atoms with E-state index in [0.29, 0.717) is 58.2 Å². The van der Waals surface area contributed by atoms with Crippen LogP contribution in [0.2, 0.25) is 0 Å². The van der Waals surface area contributed by atoms with Gasteiger partial charge in [0.15, 0.2) is 17.6 Å². The Kier molecular flexibility index (Phi) is 4.54. The first-order chi connectivity index (χ1) is 16.2. The maximum absolute atomic E-state index is 13.4. The van der Waals surface area contributed by atoms with Gasteiger partial charge in [-0.15, -0.1) is 0 Å². The molecule has 0 spiro atoms. The second-order valence-corrected chi connectivity index (χ2v) is 7.90. The van der Waals surface area contributed by atoms with Gasteiger partial charge in [0.1, 0.15) is 24.5 Å². The number of fused-ring (bicyclic) bond motifs is 4. The van der Waals surface area contributed by atoms with Gasteiger partial charge in [-0.05, 0) is 42.0 Å². The van der Waals surface area contributed by atoms with Crippen LogP contribution in [0.3, 0.4) is 0 Å². The smallest absolute Gasteiger partial charge is 0.344 e. The number of para-hydroxylation sites is 2. The van der Waals surface area contributed by atoms with Crippen molar-refractivity contribution in [2.45, 2.75) is 12.0 Å². The summed E-state index contributed by atoms with van der Waals surface area (Å²) in [6.45, 7) is 0.901. The number of nitrogens with one attached hydrogen (secondary N) is 1. The van der Waals surface area contributed by atoms with Crippen LogP contribution in [-0.4, -0.2) is 25.2 Å². The molecule has 0 fully saturated rings. The summed E-state index contributed by atoms with van der Waals surface area (Å²) in [5.74, 6) is 0.524. The van der Waals surface area contributed by atoms with Crippen LogP contribution < -0.4 is 25.2 Å². The maximum atomic E-state index is 13.4. The van der Waals surface area contributed by atoms with Crippen LogP contribution in [0.5, 0.6) is 17.2 Å². The Morgan fingerprint density at radius 3 is 2.48 bits per heavy atom. The Morgan fingerprint density at radius 2 is 1.64 bits per heavy atom. The fraction of sp³-hybridized carbons (Fsp3) is 0.154. The van der Waals surface area contributed by atoms with Gasteiger partial charge >= 0.3 is 5.63 Å². The van der Waals surface area contributed by atoms with Gasteiger partial charge in [-0.25, -0.2) is 4.79 Å². The number of hydrogen-bond acceptors (Lipinski definition) is 6. The minimum atomic E-state index is -0.975. The highest BCUT2D eigenvalue weighted by atomic mass is 16.6. The molecule has 3 heterocycles. The largest absolute Gasteiger partial charge is 0.486 e. The van der Waals surface area contributed by atoms with Gasteiger partial charge in [0.2, 0.25) is 0 Å². The van der Waals surface area contributed by atoms with Crippen molar-refractivity contribution in [2.75, 3.05) is 18.5 Å². The van der Waals surface area contributed by atoms with Crippen LogP contribution in [0.25, 0.3) is 11.0 Å². The molecule has 2 atom stereocenters. The second kappa shape index (κ2) is 7.70. The van der Waals surface area contributed by atoms with Gasteiger partial charge in [0, 0.05) is 5.69 Å². The molecular weight excluding hydrogens is 422 g/mol. The molecule has 0 saturated carbocycles. The van der Waals surface area contributed by atoms with E-state index in [4.69, 9.17) is 18.6 Å². The number of carbonyl (C=O) groups excluding carboxylic acids is 1. The molecule has 2 unspecified atom stereocenters. The summed E-state index contributed by atoms with van der Waals surface area (Å²) in [4.78, 5) is 26.5. The van der Waals surface area contributed by atoms with Gasteiger partial charge in [0.25, 0.3) is 5.91 Å². The van der Waals surface area contributed by atoms with Crippen LogP contribution in [0.4, 0.5) is 5.69 Å². The predicted molar refractivity (Wildman–Crippen MR) is 121 cm³/mol. The SMILES string of the molecule is O=C(Nc1ccccc1)C1Oc2c(c(=O)oc3ccccc23)C1c1ccc2c(c1)OCCO2. The molecule has 0 saturated heterocycles. The van der Waals surface area contributed by atoms with Crippen molar-refractivity contribution in [3.8, 4) is 17.2 Å². The van der Waals surface area contributed by atoms with Crippen molar-refractivity contribution in [1.29, 1.82) is 0 Å². The highest BCUT2D eigenvalue weighted by molar-refractivity contribution is 5.97. The van der Waals surface area contributed by atoms with E-state index in [0.717, 1.165) is 0 Å². The number of benzene rings is 3. The van der Waals surface area contributed by atoms with E-state index in [9.17, 15) is 9.59 Å². The predicted octanol–water partition coefficient (Wildman–Crippen LogP) is 4.10. The molecule has 0 aliphatic carbocycles. The molecule has 164 valence electrons. The Balaban J connectivity index is 1.49. The highest BCUT2D eigenvalue weighted by Crippen LogP contribution is 2.46. The van der Waals surface area contributed by atoms with Crippen LogP contribution in [0.15, 0.2) is 82.0 Å². The molecule has 1 aromatic heterocycles. The average molecular weight is 441 g/mol. The lowest BCUT2D eigenvalue weighted by Gasteiger charge is -2.22. The first kappa shape index (κ1) is 19.4. The van der Waals surface area contributed by atoms with Crippen molar-refractivity contribution in [3.05, 3.63) is 94.3 Å². The number of carbonyl (C=O) groups is 1. The Hall–Kier alpha value is -4.26. The average Bonchev–Trinajstić information content (AvgIpc) is 3.26. The van der Waals surface area contributed by atoms with Crippen molar-refractivity contribution in [3.63, 3.8) is 0 Å². The molecule has 33 heavy (non-hydrogen) atoms. The minimum Gasteiger partial charge on any atom is -0.486 e. The zero-order valence-corrected chi connectivity index (χ0v) is 17.4. The Bertz CT molecular complexity index is 1430. The Morgan fingerprint density at radius 1 is 0.879 bits per heavy atom. The summed E-state index contributed by atoms with van der Waals surface area (Å²) < 4.78 is 23.2. The van der Waals surface area contributed by atoms with Gasteiger partial charge in [-0.1, -0.05) is 36.4 Å². The van der Waals surface area contributed by atoms with Crippen LogP contribution in [0.1, 0.15) is 17.0 Å². The molecule has 3 aromatic carbocycles. The fourth-order valence-corrected chi connectivity index (χ4v) is 4.41. The minimum absolute atomic E-state index is 0.318. The molecule has 2 aliphatic rings. The molecule has 6 rings (SSSR count). The van der Waals surface area contributed by atoms with Crippen molar-refractivity contribution < 1.29 is 23.4 Å². The lowest BCUT2D eigenvalue weighted by Crippen LogP contribution is -2.35. The van der Waals surface area contributed by atoms with E-state index >= 15 is 0 Å². The van der Waals surface area contributed by atoms with Crippen molar-refractivity contribution in [2.24, 2.45) is 0 Å². The molecule has 7 nitrogen and oxygen atoms in total. The van der Waals surface area contributed by atoms with Gasteiger partial charge < -0.3 is 23.9 Å². The fourth-order valence-electron chi connectivity index (χ4n) is 4.41. The summed E-state index contributed by atoms with van der Waals surface area (Å²) in [7, 11) is 0. The second-order valence-electron chi connectivity index (χ2n) is 7.90. The first-order valence-electron chi connectivity index (χ1n) is 10.7. The monoisotopic (exact) mass is 441 g/mol. The molecule has 1 amide bonds. The quantitative estimate of drug-likeness (QED) is 0.482. The van der Waals surface area contributed by atoms with Crippen molar-refractivity contribution in [1.82, 2.24) is 0 Å². The lowest BCUT2D eigenvalue weighted by atomic mass is 9.88. The third-order valence-electron chi connectivity index (χ3n) is 5.88. The highest BCUT2D eigenvalue weighted by Gasteiger charge is 2.44. The van der Waals surface area contributed by atoms with E-state index < -0.39 is 17.6 Å². The lowest BCUT2D eigenvalue weighted by molar-refractivity contribution is -0.122. The van der Waals surface area contributed by atoms with Gasteiger partial charge in [0.05, 0.1) is 16.9 Å². The topological polar surface area (TPSA) is 87.0 Å². The normalized spacial score (nSPS) is 18.4. The molecule has 4 aromatic rings. The zero-order valence-electron chi connectivity index (χ0n) is 17.4. The van der Waals surface area contributed by atoms with E-state index in [-0.39, 0.29) is 5.91 Å². The van der Waals surface area contributed by atoms with Crippen LogP contribution >= 0.6 is 0 Å². The van der Waals surface area contributed by atoms with Crippen LogP contribution in [-0.2, 0) is 4.79 Å². The summed E-state index contributed by atoms with van der Waals surface area (Å²) in [6.07, 6.45) is -0.975. The molecular formula is C26H19NO6. The number of rotatable bonds is 3. The first-order valence-corrected chi connectivity index (χ1v) is 10.7. The molecule has 7 heteroatoms. The number of hydrogen-bond donors (Lipinski definition) is 1. The summed E-state index contributed by atoms with van der Waals surface area (Å²) >= 11 is 0. The summed E-state index contributed by atoms with van der Waals surface area (Å²) in [5, 5.41) is 3.54. The summed E-state index contributed by atoms with van der Waals surface area (Å²) in [6, 6.07) is 21.7. The number of anilines is 1. The standard InChI is InChI=1S/C26H19NO6/c28-25(27-16-6-2-1-3-7-16)24-21(15-10-11-19-20(14-15)31-13-12-30-19)22-23(33-24)17-8-4-5-9-18(17)32-26(22)29/h1-11,14,21,24H,12-13H2,(H,27,28). The number of amides is 1. The Labute approximate surface area is 188 Å². The molecule has 2 aliphatic heterocycles. The van der Waals surface area contributed by atoms with Gasteiger partial charge in [-0.2, -0.15) is 0 Å². The van der Waals surface area contributed by atoms with Gasteiger partial charge in [-0.3, -0.25) is 4.79 Å².